The van der Waals surface area contributed by atoms with Gasteiger partial charge in [-0.25, -0.2) is 0 Å². The number of carbonyl (C=O) groups is 1. The molecule has 0 spiro atoms. The van der Waals surface area contributed by atoms with Crippen LogP contribution in [0.2, 0.25) is 0 Å². The van der Waals surface area contributed by atoms with Gasteiger partial charge in [-0.05, 0) is 54.3 Å². The van der Waals surface area contributed by atoms with E-state index >= 15 is 0 Å². The third-order valence-electron chi connectivity index (χ3n) is 5.69. The molecule has 1 fully saturated rings. The highest BCUT2D eigenvalue weighted by Crippen LogP contribution is 2.43. The summed E-state index contributed by atoms with van der Waals surface area (Å²) in [5, 5.41) is 13.7. The van der Waals surface area contributed by atoms with Crippen LogP contribution < -0.4 is 14.8 Å². The number of carbonyl (C=O) groups excluding carboxylic acids is 1. The van der Waals surface area contributed by atoms with Crippen LogP contribution in [0.4, 0.5) is 5.69 Å². The second-order valence-electron chi connectivity index (χ2n) is 7.46. The molecular weight excluding hydrogens is 384 g/mol. The quantitative estimate of drug-likeness (QED) is 0.399. The molecule has 0 radical (unpaired) electrons. The fourth-order valence-corrected chi connectivity index (χ4v) is 3.98. The number of amides is 1. The number of nitrogens with one attached hydrogen (secondary N) is 1. The predicted molar refractivity (Wildman–Crippen MR) is 115 cm³/mol. The summed E-state index contributed by atoms with van der Waals surface area (Å²) in [5.41, 5.74) is 1.76. The average Bonchev–Trinajstić information content (AvgIpc) is 3.26. The number of rotatable bonds is 8. The fourth-order valence-electron chi connectivity index (χ4n) is 3.98. The summed E-state index contributed by atoms with van der Waals surface area (Å²) >= 11 is 0. The van der Waals surface area contributed by atoms with Crippen LogP contribution in [0.25, 0.3) is 6.08 Å². The number of benzene rings is 2. The molecule has 1 N–H and O–H groups in total. The van der Waals surface area contributed by atoms with Crippen molar-refractivity contribution in [1.82, 2.24) is 5.32 Å². The maximum Gasteiger partial charge on any atom is 0.269 e. The molecule has 1 saturated carbocycles. The van der Waals surface area contributed by atoms with E-state index in [2.05, 4.69) is 5.32 Å². The molecule has 0 heterocycles. The van der Waals surface area contributed by atoms with Crippen molar-refractivity contribution in [2.75, 3.05) is 20.8 Å². The molecule has 0 unspecified atom stereocenters. The highest BCUT2D eigenvalue weighted by molar-refractivity contribution is 5.91. The largest absolute Gasteiger partial charge is 0.493 e. The minimum absolute atomic E-state index is 0.0229. The van der Waals surface area contributed by atoms with E-state index in [-0.39, 0.29) is 17.0 Å². The van der Waals surface area contributed by atoms with Gasteiger partial charge in [0.05, 0.1) is 19.1 Å². The molecule has 1 aliphatic rings. The van der Waals surface area contributed by atoms with Crippen LogP contribution in [0.1, 0.15) is 36.8 Å². The van der Waals surface area contributed by atoms with E-state index in [4.69, 9.17) is 9.47 Å². The lowest BCUT2D eigenvalue weighted by Gasteiger charge is -2.30. The molecule has 0 atom stereocenters. The van der Waals surface area contributed by atoms with Gasteiger partial charge in [-0.1, -0.05) is 18.9 Å². The Labute approximate surface area is 175 Å². The van der Waals surface area contributed by atoms with Gasteiger partial charge in [0.1, 0.15) is 0 Å². The Balaban J connectivity index is 1.68. The molecule has 1 aliphatic carbocycles. The topological polar surface area (TPSA) is 90.7 Å². The Kier molecular flexibility index (Phi) is 6.72. The molecule has 30 heavy (non-hydrogen) atoms. The molecule has 7 nitrogen and oxygen atoms in total. The van der Waals surface area contributed by atoms with Crippen LogP contribution in [0.15, 0.2) is 48.5 Å². The number of methoxy groups -OCH3 is 2. The van der Waals surface area contributed by atoms with Crippen molar-refractivity contribution in [2.45, 2.75) is 31.1 Å². The van der Waals surface area contributed by atoms with Crippen LogP contribution >= 0.6 is 0 Å². The molecule has 0 aromatic heterocycles. The lowest BCUT2D eigenvalue weighted by Crippen LogP contribution is -2.38. The molecule has 3 rings (SSSR count). The standard InChI is InChI=1S/C23H26N2O5/c1-29-20-11-8-18(15-21(20)30-2)23(13-3-4-14-23)16-24-22(26)12-7-17-5-9-19(10-6-17)25(27)28/h5-12,15H,3-4,13-14,16H2,1-2H3,(H,24,26). The van der Waals surface area contributed by atoms with Crippen molar-refractivity contribution in [3.63, 3.8) is 0 Å². The summed E-state index contributed by atoms with van der Waals surface area (Å²) < 4.78 is 10.8. The van der Waals surface area contributed by atoms with Crippen LogP contribution in [0.5, 0.6) is 11.5 Å². The Morgan fingerprint density at radius 1 is 1.10 bits per heavy atom. The molecule has 2 aromatic rings. The first-order chi connectivity index (χ1) is 14.5. The lowest BCUT2D eigenvalue weighted by molar-refractivity contribution is -0.384. The second-order valence-corrected chi connectivity index (χ2v) is 7.46. The number of nitro benzene ring substituents is 1. The van der Waals surface area contributed by atoms with Crippen molar-refractivity contribution in [1.29, 1.82) is 0 Å². The van der Waals surface area contributed by atoms with E-state index in [0.29, 0.717) is 18.0 Å². The van der Waals surface area contributed by atoms with Gasteiger partial charge < -0.3 is 14.8 Å². The van der Waals surface area contributed by atoms with Gasteiger partial charge in [-0.2, -0.15) is 0 Å². The van der Waals surface area contributed by atoms with Crippen LogP contribution in [0, 0.1) is 10.1 Å². The average molecular weight is 410 g/mol. The normalized spacial score (nSPS) is 15.1. The SMILES string of the molecule is COc1ccc(C2(CNC(=O)C=Cc3ccc([N+](=O)[O-])cc3)CCCC2)cc1OC. The minimum atomic E-state index is -0.449. The van der Waals surface area contributed by atoms with Crippen molar-refractivity contribution < 1.29 is 19.2 Å². The van der Waals surface area contributed by atoms with E-state index in [1.165, 1.54) is 18.2 Å². The van der Waals surface area contributed by atoms with E-state index in [1.54, 1.807) is 32.4 Å². The Morgan fingerprint density at radius 3 is 2.37 bits per heavy atom. The maximum absolute atomic E-state index is 12.4. The molecule has 0 aliphatic heterocycles. The van der Waals surface area contributed by atoms with Crippen molar-refractivity contribution in [3.8, 4) is 11.5 Å². The highest BCUT2D eigenvalue weighted by atomic mass is 16.6. The molecule has 7 heteroatoms. The van der Waals surface area contributed by atoms with Gasteiger partial charge in [0, 0.05) is 30.2 Å². The number of hydrogen-bond donors (Lipinski definition) is 1. The van der Waals surface area contributed by atoms with E-state index in [9.17, 15) is 14.9 Å². The summed E-state index contributed by atoms with van der Waals surface area (Å²) in [4.78, 5) is 22.7. The zero-order valence-electron chi connectivity index (χ0n) is 17.2. The smallest absolute Gasteiger partial charge is 0.269 e. The van der Waals surface area contributed by atoms with Crippen LogP contribution in [-0.4, -0.2) is 31.6 Å². The van der Waals surface area contributed by atoms with Gasteiger partial charge in [-0.15, -0.1) is 0 Å². The van der Waals surface area contributed by atoms with E-state index in [1.807, 2.05) is 18.2 Å². The first-order valence-electron chi connectivity index (χ1n) is 9.90. The maximum atomic E-state index is 12.4. The Hall–Kier alpha value is -3.35. The summed E-state index contributed by atoms with van der Waals surface area (Å²) in [5.74, 6) is 1.18. The first-order valence-corrected chi connectivity index (χ1v) is 9.90. The molecular formula is C23H26N2O5. The van der Waals surface area contributed by atoms with Crippen LogP contribution in [-0.2, 0) is 10.2 Å². The van der Waals surface area contributed by atoms with Crippen LogP contribution in [0.3, 0.4) is 0 Å². The highest BCUT2D eigenvalue weighted by Gasteiger charge is 2.36. The summed E-state index contributed by atoms with van der Waals surface area (Å²) in [6.45, 7) is 0.534. The lowest BCUT2D eigenvalue weighted by atomic mass is 9.78. The zero-order valence-corrected chi connectivity index (χ0v) is 17.2. The molecule has 1 amide bonds. The Morgan fingerprint density at radius 2 is 1.77 bits per heavy atom. The zero-order chi connectivity index (χ0) is 21.6. The molecule has 0 saturated heterocycles. The third kappa shape index (κ3) is 4.79. The van der Waals surface area contributed by atoms with Crippen molar-refractivity contribution >= 4 is 17.7 Å². The number of non-ortho nitro benzene ring substituents is 1. The van der Waals surface area contributed by atoms with E-state index < -0.39 is 4.92 Å². The molecule has 2 aromatic carbocycles. The van der Waals surface area contributed by atoms with Crippen molar-refractivity contribution in [2.24, 2.45) is 0 Å². The van der Waals surface area contributed by atoms with Gasteiger partial charge in [0.25, 0.3) is 5.69 Å². The number of nitrogens with zero attached hydrogens (tertiary/aromatic N) is 1. The Bertz CT molecular complexity index is 931. The van der Waals surface area contributed by atoms with Gasteiger partial charge in [-0.3, -0.25) is 14.9 Å². The minimum Gasteiger partial charge on any atom is -0.493 e. The van der Waals surface area contributed by atoms with Gasteiger partial charge in [0.15, 0.2) is 11.5 Å². The second kappa shape index (κ2) is 9.43. The third-order valence-corrected chi connectivity index (χ3v) is 5.69. The summed E-state index contributed by atoms with van der Waals surface area (Å²) in [7, 11) is 3.23. The summed E-state index contributed by atoms with van der Waals surface area (Å²) in [6.07, 6.45) is 7.32. The van der Waals surface area contributed by atoms with Crippen molar-refractivity contribution in [3.05, 3.63) is 69.8 Å². The number of hydrogen-bond acceptors (Lipinski definition) is 5. The van der Waals surface area contributed by atoms with E-state index in [0.717, 1.165) is 36.8 Å². The predicted octanol–water partition coefficient (Wildman–Crippen LogP) is 4.25. The van der Waals surface area contributed by atoms with Gasteiger partial charge in [0.2, 0.25) is 5.91 Å². The fraction of sp³-hybridized carbons (Fsp3) is 0.348. The number of ether oxygens (including phenoxy) is 2. The number of nitro groups is 1. The first kappa shape index (κ1) is 21.4. The van der Waals surface area contributed by atoms with Gasteiger partial charge >= 0.3 is 0 Å². The summed E-state index contributed by atoms with van der Waals surface area (Å²) in [6, 6.07) is 12.0. The molecule has 158 valence electrons. The monoisotopic (exact) mass is 410 g/mol. The molecule has 0 bridgehead atoms.